The standard InChI is InChI=1S/C24H27N3O6S2/c1-24(2,3)23(28)26-18(12-15-4-7-17(8-5-15)27-35(29,30)31)22-25-19(14-34-22)16-6-9-20-21(13-16)33-11-10-32-20/h4-9,13-14,18,27H,10-12H2,1-3H3,(H,26,28)(H,29,30,31). The number of ether oxygens (including phenoxy) is 2. The third-order valence-electron chi connectivity index (χ3n) is 5.29. The van der Waals surface area contributed by atoms with Gasteiger partial charge in [0.1, 0.15) is 18.2 Å². The summed E-state index contributed by atoms with van der Waals surface area (Å²) in [5, 5.41) is 5.79. The number of carbonyl (C=O) groups excluding carboxylic acids is 1. The van der Waals surface area contributed by atoms with Gasteiger partial charge in [0.25, 0.3) is 0 Å². The van der Waals surface area contributed by atoms with E-state index in [4.69, 9.17) is 19.0 Å². The number of rotatable bonds is 7. The number of hydrogen-bond donors (Lipinski definition) is 3. The molecular weight excluding hydrogens is 490 g/mol. The molecule has 2 heterocycles. The van der Waals surface area contributed by atoms with Crippen molar-refractivity contribution in [3.8, 4) is 22.8 Å². The normalized spacial score (nSPS) is 14.3. The molecule has 3 aromatic rings. The smallest absolute Gasteiger partial charge is 0.357 e. The molecule has 1 unspecified atom stereocenters. The van der Waals surface area contributed by atoms with Gasteiger partial charge < -0.3 is 14.8 Å². The van der Waals surface area contributed by atoms with Gasteiger partial charge in [0.05, 0.1) is 17.4 Å². The molecule has 1 aliphatic rings. The van der Waals surface area contributed by atoms with E-state index in [-0.39, 0.29) is 11.6 Å². The zero-order chi connectivity index (χ0) is 25.2. The van der Waals surface area contributed by atoms with Crippen molar-refractivity contribution in [2.24, 2.45) is 5.41 Å². The highest BCUT2D eigenvalue weighted by atomic mass is 32.2. The second kappa shape index (κ2) is 9.84. The summed E-state index contributed by atoms with van der Waals surface area (Å²) in [6.07, 6.45) is 0.446. The van der Waals surface area contributed by atoms with Crippen LogP contribution in [0.25, 0.3) is 11.3 Å². The second-order valence-electron chi connectivity index (χ2n) is 9.18. The highest BCUT2D eigenvalue weighted by molar-refractivity contribution is 7.87. The summed E-state index contributed by atoms with van der Waals surface area (Å²) in [6.45, 7) is 6.56. The number of nitrogens with zero attached hydrogens (tertiary/aromatic N) is 1. The molecule has 0 aliphatic carbocycles. The summed E-state index contributed by atoms with van der Waals surface area (Å²) in [5.74, 6) is 1.28. The van der Waals surface area contributed by atoms with Crippen LogP contribution in [0.4, 0.5) is 5.69 Å². The lowest BCUT2D eigenvalue weighted by Crippen LogP contribution is -2.38. The Bertz CT molecular complexity index is 1310. The lowest BCUT2D eigenvalue weighted by Gasteiger charge is -2.23. The third kappa shape index (κ3) is 6.50. The molecule has 0 bridgehead atoms. The predicted octanol–water partition coefficient (Wildman–Crippen LogP) is 4.24. The van der Waals surface area contributed by atoms with Crippen molar-refractivity contribution >= 4 is 33.2 Å². The van der Waals surface area contributed by atoms with E-state index in [9.17, 15) is 13.2 Å². The van der Waals surface area contributed by atoms with Crippen LogP contribution in [0.5, 0.6) is 11.5 Å². The molecule has 3 N–H and O–H groups in total. The number of hydrogen-bond acceptors (Lipinski definition) is 7. The number of carbonyl (C=O) groups is 1. The monoisotopic (exact) mass is 517 g/mol. The maximum atomic E-state index is 12.8. The maximum Gasteiger partial charge on any atom is 0.357 e. The number of aromatic nitrogens is 1. The van der Waals surface area contributed by atoms with E-state index in [0.717, 1.165) is 21.8 Å². The van der Waals surface area contributed by atoms with E-state index < -0.39 is 21.8 Å². The summed E-state index contributed by atoms with van der Waals surface area (Å²) in [7, 11) is -4.35. The van der Waals surface area contributed by atoms with Crippen LogP contribution >= 0.6 is 11.3 Å². The maximum absolute atomic E-state index is 12.8. The molecule has 1 aromatic heterocycles. The van der Waals surface area contributed by atoms with Crippen molar-refractivity contribution in [2.45, 2.75) is 33.2 Å². The largest absolute Gasteiger partial charge is 0.486 e. The molecule has 0 saturated heterocycles. The summed E-state index contributed by atoms with van der Waals surface area (Å²) in [4.78, 5) is 17.6. The molecular formula is C24H27N3O6S2. The van der Waals surface area contributed by atoms with E-state index in [2.05, 4.69) is 5.32 Å². The van der Waals surface area contributed by atoms with Crippen LogP contribution in [0, 0.1) is 5.41 Å². The van der Waals surface area contributed by atoms with E-state index in [0.29, 0.717) is 31.1 Å². The van der Waals surface area contributed by atoms with Crippen LogP contribution in [0.3, 0.4) is 0 Å². The second-order valence-corrected chi connectivity index (χ2v) is 11.2. The first-order valence-corrected chi connectivity index (χ1v) is 13.3. The lowest BCUT2D eigenvalue weighted by atomic mass is 9.94. The molecule has 186 valence electrons. The Morgan fingerprint density at radius 2 is 1.80 bits per heavy atom. The van der Waals surface area contributed by atoms with Crippen LogP contribution in [0.1, 0.15) is 37.4 Å². The van der Waals surface area contributed by atoms with Gasteiger partial charge in [-0.2, -0.15) is 8.42 Å². The van der Waals surface area contributed by atoms with Crippen molar-refractivity contribution < 1.29 is 27.2 Å². The van der Waals surface area contributed by atoms with Gasteiger partial charge in [-0.15, -0.1) is 11.3 Å². The van der Waals surface area contributed by atoms with Gasteiger partial charge >= 0.3 is 10.3 Å². The van der Waals surface area contributed by atoms with Gasteiger partial charge in [-0.25, -0.2) is 4.98 Å². The van der Waals surface area contributed by atoms with Crippen molar-refractivity contribution in [3.63, 3.8) is 0 Å². The Morgan fingerprint density at radius 1 is 1.11 bits per heavy atom. The fraction of sp³-hybridized carbons (Fsp3) is 0.333. The molecule has 0 saturated carbocycles. The van der Waals surface area contributed by atoms with Crippen LogP contribution in [-0.4, -0.2) is 37.1 Å². The fourth-order valence-corrected chi connectivity index (χ4v) is 4.76. The first kappa shape index (κ1) is 25.0. The predicted molar refractivity (Wildman–Crippen MR) is 134 cm³/mol. The SMILES string of the molecule is CC(C)(C)C(=O)NC(Cc1ccc(NS(=O)(=O)O)cc1)c1nc(-c2ccc3c(c2)OCCO3)cs1. The molecule has 0 fully saturated rings. The molecule has 1 atom stereocenters. The minimum atomic E-state index is -4.35. The van der Waals surface area contributed by atoms with Crippen molar-refractivity contribution in [1.82, 2.24) is 10.3 Å². The first-order valence-electron chi connectivity index (χ1n) is 11.0. The average Bonchev–Trinajstić information content (AvgIpc) is 3.28. The van der Waals surface area contributed by atoms with Crippen LogP contribution in [0.2, 0.25) is 0 Å². The number of fused-ring (bicyclic) bond motifs is 1. The van der Waals surface area contributed by atoms with E-state index in [1.807, 2.05) is 49.1 Å². The van der Waals surface area contributed by atoms with E-state index in [1.54, 1.807) is 24.3 Å². The molecule has 2 aromatic carbocycles. The number of anilines is 1. The molecule has 11 heteroatoms. The van der Waals surface area contributed by atoms with Gasteiger partial charge in [0.15, 0.2) is 11.5 Å². The number of nitrogens with one attached hydrogen (secondary N) is 2. The van der Waals surface area contributed by atoms with Crippen LogP contribution < -0.4 is 19.5 Å². The van der Waals surface area contributed by atoms with Crippen LogP contribution in [-0.2, 0) is 21.5 Å². The Hall–Kier alpha value is -3.15. The highest BCUT2D eigenvalue weighted by Crippen LogP contribution is 2.36. The minimum Gasteiger partial charge on any atom is -0.486 e. The Kier molecular flexibility index (Phi) is 7.02. The number of benzene rings is 2. The number of thiazole rings is 1. The Labute approximate surface area is 208 Å². The first-order chi connectivity index (χ1) is 16.5. The topological polar surface area (TPSA) is 127 Å². The van der Waals surface area contributed by atoms with Gasteiger partial charge in [-0.3, -0.25) is 14.1 Å². The lowest BCUT2D eigenvalue weighted by molar-refractivity contribution is -0.129. The van der Waals surface area contributed by atoms with Crippen molar-refractivity contribution in [1.29, 1.82) is 0 Å². The summed E-state index contributed by atoms with van der Waals surface area (Å²) in [5.41, 5.74) is 2.17. The summed E-state index contributed by atoms with van der Waals surface area (Å²) < 4.78 is 44.3. The van der Waals surface area contributed by atoms with Crippen molar-refractivity contribution in [2.75, 3.05) is 17.9 Å². The van der Waals surface area contributed by atoms with Gasteiger partial charge in [0.2, 0.25) is 5.91 Å². The molecule has 0 spiro atoms. The van der Waals surface area contributed by atoms with Gasteiger partial charge in [-0.1, -0.05) is 32.9 Å². The molecule has 1 amide bonds. The van der Waals surface area contributed by atoms with Crippen molar-refractivity contribution in [3.05, 3.63) is 58.4 Å². The fourth-order valence-electron chi connectivity index (χ4n) is 3.45. The molecule has 0 radical (unpaired) electrons. The highest BCUT2D eigenvalue weighted by Gasteiger charge is 2.27. The van der Waals surface area contributed by atoms with E-state index in [1.165, 1.54) is 11.3 Å². The van der Waals surface area contributed by atoms with Gasteiger partial charge in [-0.05, 0) is 42.3 Å². The molecule has 1 aliphatic heterocycles. The summed E-state index contributed by atoms with van der Waals surface area (Å²) in [6, 6.07) is 11.9. The Morgan fingerprint density at radius 3 is 2.46 bits per heavy atom. The van der Waals surface area contributed by atoms with E-state index >= 15 is 0 Å². The molecule has 4 rings (SSSR count). The number of amides is 1. The molecule has 35 heavy (non-hydrogen) atoms. The average molecular weight is 518 g/mol. The summed E-state index contributed by atoms with van der Waals surface area (Å²) >= 11 is 1.45. The Balaban J connectivity index is 1.58. The van der Waals surface area contributed by atoms with Gasteiger partial charge in [0, 0.05) is 16.4 Å². The van der Waals surface area contributed by atoms with Crippen LogP contribution in [0.15, 0.2) is 47.8 Å². The zero-order valence-corrected chi connectivity index (χ0v) is 21.2. The third-order valence-corrected chi connectivity index (χ3v) is 6.74. The zero-order valence-electron chi connectivity index (χ0n) is 19.6. The minimum absolute atomic E-state index is 0.108. The quantitative estimate of drug-likeness (QED) is 0.400. The molecule has 9 nitrogen and oxygen atoms in total.